The predicted molar refractivity (Wildman–Crippen MR) is 153 cm³/mol. The second-order valence-corrected chi connectivity index (χ2v) is 10.7. The molecule has 0 amide bonds. The first-order valence-electron chi connectivity index (χ1n) is 14.2. The smallest absolute Gasteiger partial charge is 0.296 e. The van der Waals surface area contributed by atoms with Crippen molar-refractivity contribution in [1.82, 2.24) is 19.9 Å². The maximum absolute atomic E-state index is 6.61. The number of pyridine rings is 1. The van der Waals surface area contributed by atoms with E-state index in [1.807, 2.05) is 6.07 Å². The lowest BCUT2D eigenvalue weighted by Gasteiger charge is -2.32. The summed E-state index contributed by atoms with van der Waals surface area (Å²) in [5.41, 5.74) is 9.92. The van der Waals surface area contributed by atoms with Crippen molar-refractivity contribution in [3.63, 3.8) is 0 Å². The summed E-state index contributed by atoms with van der Waals surface area (Å²) in [6.07, 6.45) is 5.93. The highest BCUT2D eigenvalue weighted by Crippen LogP contribution is 2.33. The van der Waals surface area contributed by atoms with Gasteiger partial charge in [0.05, 0.1) is 55.9 Å². The summed E-state index contributed by atoms with van der Waals surface area (Å²) >= 11 is 6.61. The zero-order chi connectivity index (χ0) is 26.9. The van der Waals surface area contributed by atoms with Crippen LogP contribution in [0.2, 0.25) is 5.02 Å². The van der Waals surface area contributed by atoms with E-state index >= 15 is 0 Å². The molecule has 2 fully saturated rings. The van der Waals surface area contributed by atoms with Crippen LogP contribution in [0.3, 0.4) is 0 Å². The molecular weight excluding hydrogens is 518 g/mol. The Kier molecular flexibility index (Phi) is 10.4. The third-order valence-corrected chi connectivity index (χ3v) is 7.82. The van der Waals surface area contributed by atoms with Crippen molar-refractivity contribution in [3.05, 3.63) is 40.9 Å². The second-order valence-electron chi connectivity index (χ2n) is 10.3. The first-order chi connectivity index (χ1) is 19.2. The van der Waals surface area contributed by atoms with E-state index in [1.54, 1.807) is 0 Å². The molecule has 3 aromatic rings. The van der Waals surface area contributed by atoms with Crippen molar-refractivity contribution >= 4 is 22.8 Å². The summed E-state index contributed by atoms with van der Waals surface area (Å²) in [5, 5.41) is 0.604. The van der Waals surface area contributed by atoms with Crippen LogP contribution in [0, 0.1) is 0 Å². The number of ether oxygens (including phenoxy) is 4. The van der Waals surface area contributed by atoms with Crippen molar-refractivity contribution in [3.8, 4) is 17.3 Å². The van der Waals surface area contributed by atoms with Gasteiger partial charge in [0, 0.05) is 18.7 Å². The van der Waals surface area contributed by atoms with E-state index in [-0.39, 0.29) is 6.10 Å². The Labute approximate surface area is 235 Å². The molecule has 0 atom stereocenters. The topological polar surface area (TPSA) is 108 Å². The van der Waals surface area contributed by atoms with Crippen LogP contribution in [0.1, 0.15) is 43.6 Å². The van der Waals surface area contributed by atoms with E-state index in [2.05, 4.69) is 39.1 Å². The van der Waals surface area contributed by atoms with Crippen LogP contribution in [0.4, 0.5) is 0 Å². The average molecular weight is 558 g/mol. The lowest BCUT2D eigenvalue weighted by atomic mass is 9.89. The normalized spacial score (nSPS) is 17.1. The molecule has 9 nitrogen and oxygen atoms in total. The maximum atomic E-state index is 6.61. The molecular formula is C29H40ClN5O4. The summed E-state index contributed by atoms with van der Waals surface area (Å²) in [5.74, 6) is 0.564. The molecule has 5 rings (SSSR count). The Bertz CT molecular complexity index is 1160. The van der Waals surface area contributed by atoms with Gasteiger partial charge in [-0.3, -0.25) is 0 Å². The maximum Gasteiger partial charge on any atom is 0.296 e. The zero-order valence-electron chi connectivity index (χ0n) is 22.6. The Morgan fingerprint density at radius 2 is 1.59 bits per heavy atom. The highest BCUT2D eigenvalue weighted by Gasteiger charge is 2.22. The van der Waals surface area contributed by atoms with E-state index in [1.165, 1.54) is 12.0 Å². The van der Waals surface area contributed by atoms with E-state index in [0.717, 1.165) is 68.7 Å². The molecule has 2 aromatic heterocycles. The number of aromatic nitrogens is 3. The Morgan fingerprint density at radius 3 is 2.26 bits per heavy atom. The number of piperidine rings is 1. The number of H-pyrrole nitrogens is 1. The summed E-state index contributed by atoms with van der Waals surface area (Å²) < 4.78 is 22.4. The van der Waals surface area contributed by atoms with Crippen LogP contribution in [-0.2, 0) is 14.2 Å². The minimum Gasteiger partial charge on any atom is -0.461 e. The Balaban J connectivity index is 1.04. The van der Waals surface area contributed by atoms with E-state index in [4.69, 9.17) is 41.3 Å². The number of fused-ring (bicyclic) bond motifs is 1. The Morgan fingerprint density at radius 1 is 0.897 bits per heavy atom. The highest BCUT2D eigenvalue weighted by atomic mass is 35.5. The molecule has 39 heavy (non-hydrogen) atoms. The third kappa shape index (κ3) is 7.90. The third-order valence-electron chi connectivity index (χ3n) is 7.54. The highest BCUT2D eigenvalue weighted by molar-refractivity contribution is 6.33. The van der Waals surface area contributed by atoms with Gasteiger partial charge in [0.15, 0.2) is 5.65 Å². The van der Waals surface area contributed by atoms with Crippen LogP contribution in [-0.4, -0.2) is 91.8 Å². The number of halogens is 1. The fourth-order valence-corrected chi connectivity index (χ4v) is 5.28. The number of nitrogens with one attached hydrogen (secondary N) is 1. The van der Waals surface area contributed by atoms with Crippen molar-refractivity contribution < 1.29 is 18.9 Å². The molecule has 3 heterocycles. The SMILES string of the molecule is NCCOCCOCCOCCN1CCC(c2ccc(-c3nc4nc(OC5CCC5)[nH]c4cc3Cl)cc2)CC1. The summed E-state index contributed by atoms with van der Waals surface area (Å²) in [7, 11) is 0. The van der Waals surface area contributed by atoms with Crippen LogP contribution >= 0.6 is 11.6 Å². The van der Waals surface area contributed by atoms with Crippen LogP contribution in [0.15, 0.2) is 30.3 Å². The van der Waals surface area contributed by atoms with Gasteiger partial charge in [-0.2, -0.15) is 4.98 Å². The number of hydrogen-bond donors (Lipinski definition) is 2. The van der Waals surface area contributed by atoms with Gasteiger partial charge in [-0.05, 0) is 62.7 Å². The minimum absolute atomic E-state index is 0.261. The van der Waals surface area contributed by atoms with Crippen LogP contribution in [0.25, 0.3) is 22.4 Å². The minimum atomic E-state index is 0.261. The fourth-order valence-electron chi connectivity index (χ4n) is 5.02. The molecule has 1 aliphatic heterocycles. The summed E-state index contributed by atoms with van der Waals surface area (Å²) in [4.78, 5) is 15.0. The van der Waals surface area contributed by atoms with E-state index in [9.17, 15) is 0 Å². The van der Waals surface area contributed by atoms with Gasteiger partial charge in [-0.1, -0.05) is 35.9 Å². The van der Waals surface area contributed by atoms with Gasteiger partial charge < -0.3 is 34.6 Å². The summed E-state index contributed by atoms with van der Waals surface area (Å²) in [6, 6.07) is 11.1. The number of benzene rings is 1. The zero-order valence-corrected chi connectivity index (χ0v) is 23.3. The average Bonchev–Trinajstić information content (AvgIpc) is 3.33. The first kappa shape index (κ1) is 28.3. The summed E-state index contributed by atoms with van der Waals surface area (Å²) in [6.45, 7) is 7.34. The molecule has 0 spiro atoms. The molecule has 1 saturated heterocycles. The standard InChI is InChI=1S/C29H40ClN5O4/c30-25-20-26-28(34-29(32-26)39-24-2-1-3-24)33-27(25)23-6-4-21(5-7-23)22-8-11-35(12-9-22)13-15-37-17-19-38-18-16-36-14-10-31/h4-7,20,22,24H,1-3,8-19,31H2,(H,32,33,34). The molecule has 2 aliphatic rings. The van der Waals surface area contributed by atoms with Crippen molar-refractivity contribution in [2.75, 3.05) is 65.8 Å². The first-order valence-corrected chi connectivity index (χ1v) is 14.6. The number of hydrogen-bond acceptors (Lipinski definition) is 8. The molecule has 212 valence electrons. The molecule has 0 bridgehead atoms. The van der Waals surface area contributed by atoms with Crippen molar-refractivity contribution in [2.45, 2.75) is 44.1 Å². The quantitative estimate of drug-likeness (QED) is 0.265. The number of nitrogens with two attached hydrogens (primary N) is 1. The number of rotatable bonds is 15. The lowest BCUT2D eigenvalue weighted by Crippen LogP contribution is -2.35. The molecule has 10 heteroatoms. The number of aromatic amines is 1. The van der Waals surface area contributed by atoms with Gasteiger partial charge in [0.25, 0.3) is 6.01 Å². The molecule has 1 aliphatic carbocycles. The molecule has 3 N–H and O–H groups in total. The molecule has 1 saturated carbocycles. The fraction of sp³-hybridized carbons (Fsp3) is 0.586. The molecule has 1 aromatic carbocycles. The van der Waals surface area contributed by atoms with Gasteiger partial charge in [-0.15, -0.1) is 0 Å². The van der Waals surface area contributed by atoms with Crippen LogP contribution in [0.5, 0.6) is 6.01 Å². The predicted octanol–water partition coefficient (Wildman–Crippen LogP) is 4.40. The number of likely N-dealkylation sites (tertiary alicyclic amines) is 1. The second kappa shape index (κ2) is 14.4. The van der Waals surface area contributed by atoms with E-state index in [0.29, 0.717) is 62.2 Å². The Hall–Kier alpha value is -2.27. The van der Waals surface area contributed by atoms with Gasteiger partial charge in [-0.25, -0.2) is 4.98 Å². The van der Waals surface area contributed by atoms with Gasteiger partial charge in [0.1, 0.15) is 6.10 Å². The van der Waals surface area contributed by atoms with Crippen molar-refractivity contribution in [1.29, 1.82) is 0 Å². The van der Waals surface area contributed by atoms with Crippen LogP contribution < -0.4 is 10.5 Å². The van der Waals surface area contributed by atoms with E-state index < -0.39 is 0 Å². The van der Waals surface area contributed by atoms with Gasteiger partial charge >= 0.3 is 0 Å². The molecule has 0 radical (unpaired) electrons. The number of nitrogens with zero attached hydrogens (tertiary/aromatic N) is 3. The van der Waals surface area contributed by atoms with Crippen molar-refractivity contribution in [2.24, 2.45) is 5.73 Å². The van der Waals surface area contributed by atoms with Gasteiger partial charge in [0.2, 0.25) is 0 Å². The number of imidazole rings is 1. The largest absolute Gasteiger partial charge is 0.461 e. The molecule has 0 unspecified atom stereocenters. The lowest BCUT2D eigenvalue weighted by molar-refractivity contribution is 0.0107. The monoisotopic (exact) mass is 557 g/mol.